The summed E-state index contributed by atoms with van der Waals surface area (Å²) in [6.07, 6.45) is 2.30. The van der Waals surface area contributed by atoms with Gasteiger partial charge in [0.15, 0.2) is 0 Å². The van der Waals surface area contributed by atoms with E-state index in [4.69, 9.17) is 58.0 Å². The van der Waals surface area contributed by atoms with Gasteiger partial charge >= 0.3 is 0 Å². The highest BCUT2D eigenvalue weighted by molar-refractivity contribution is 6.53. The fourth-order valence-electron chi connectivity index (χ4n) is 3.56. The second-order valence-electron chi connectivity index (χ2n) is 7.63. The molecule has 0 saturated heterocycles. The summed E-state index contributed by atoms with van der Waals surface area (Å²) in [5, 5.41) is 16.9. The quantitative estimate of drug-likeness (QED) is 0.193. The number of nitrogens with zero attached hydrogens (tertiary/aromatic N) is 2. The molecule has 1 aliphatic rings. The van der Waals surface area contributed by atoms with Crippen LogP contribution in [0.3, 0.4) is 0 Å². The first kappa shape index (κ1) is 25.5. The molecule has 1 aliphatic carbocycles. The molecule has 0 spiro atoms. The van der Waals surface area contributed by atoms with Crippen LogP contribution >= 0.6 is 58.0 Å². The Kier molecular flexibility index (Phi) is 7.13. The van der Waals surface area contributed by atoms with Crippen LogP contribution in [0.4, 0.5) is 17.1 Å². The SMILES string of the molecule is O=C(Nc1cncc([N+](=O)[O-])c1)c1cc(NC(=O)[C@H]2[C@H](c3ccc(Cl)c(Cl)c3)C2(Cl)Cl)ccc1Cl. The summed E-state index contributed by atoms with van der Waals surface area (Å²) in [6.45, 7) is 0. The van der Waals surface area contributed by atoms with Crippen LogP contribution in [0.2, 0.25) is 15.1 Å². The Hall–Kier alpha value is -2.62. The van der Waals surface area contributed by atoms with Crippen LogP contribution in [0.15, 0.2) is 54.9 Å². The summed E-state index contributed by atoms with van der Waals surface area (Å²) < 4.78 is -1.36. The number of alkyl halides is 2. The summed E-state index contributed by atoms with van der Waals surface area (Å²) in [5.41, 5.74) is 0.764. The van der Waals surface area contributed by atoms with Crippen LogP contribution in [0.25, 0.3) is 0 Å². The average molecular weight is 575 g/mol. The monoisotopic (exact) mass is 572 g/mol. The largest absolute Gasteiger partial charge is 0.326 e. The summed E-state index contributed by atoms with van der Waals surface area (Å²) >= 11 is 31.0. The maximum absolute atomic E-state index is 12.9. The number of amides is 2. The third kappa shape index (κ3) is 5.32. The third-order valence-electron chi connectivity index (χ3n) is 5.31. The smallest absolute Gasteiger partial charge is 0.289 e. The molecule has 2 atom stereocenters. The van der Waals surface area contributed by atoms with Gasteiger partial charge in [-0.25, -0.2) is 0 Å². The zero-order chi connectivity index (χ0) is 25.5. The Bertz CT molecular complexity index is 1370. The van der Waals surface area contributed by atoms with E-state index in [-0.39, 0.29) is 27.6 Å². The van der Waals surface area contributed by atoms with Crippen molar-refractivity contribution < 1.29 is 14.5 Å². The molecule has 4 rings (SSSR count). The van der Waals surface area contributed by atoms with Crippen molar-refractivity contribution >= 4 is 86.9 Å². The minimum atomic E-state index is -1.36. The van der Waals surface area contributed by atoms with E-state index in [0.717, 1.165) is 12.3 Å². The molecule has 0 unspecified atom stereocenters. The number of aromatic nitrogens is 1. The van der Waals surface area contributed by atoms with Crippen molar-refractivity contribution in [1.82, 2.24) is 4.98 Å². The van der Waals surface area contributed by atoms with Crippen molar-refractivity contribution in [3.05, 3.63) is 91.2 Å². The second-order valence-corrected chi connectivity index (χ2v) is 10.3. The molecule has 1 saturated carbocycles. The van der Waals surface area contributed by atoms with Crippen LogP contribution in [-0.4, -0.2) is 26.1 Å². The van der Waals surface area contributed by atoms with Crippen molar-refractivity contribution in [3.8, 4) is 0 Å². The first-order chi connectivity index (χ1) is 16.5. The van der Waals surface area contributed by atoms with Crippen LogP contribution < -0.4 is 10.6 Å². The predicted molar refractivity (Wildman–Crippen MR) is 136 cm³/mol. The van der Waals surface area contributed by atoms with E-state index in [9.17, 15) is 19.7 Å². The molecule has 0 aliphatic heterocycles. The first-order valence-corrected chi connectivity index (χ1v) is 11.7. The number of anilines is 2. The third-order valence-corrected chi connectivity index (χ3v) is 7.32. The van der Waals surface area contributed by atoms with Gasteiger partial charge in [-0.3, -0.25) is 24.7 Å². The summed E-state index contributed by atoms with van der Waals surface area (Å²) in [6, 6.07) is 10.3. The Morgan fingerprint density at radius 1 is 0.914 bits per heavy atom. The molecule has 1 fully saturated rings. The highest BCUT2D eigenvalue weighted by Crippen LogP contribution is 2.65. The number of benzene rings is 2. The van der Waals surface area contributed by atoms with Gasteiger partial charge < -0.3 is 10.6 Å². The van der Waals surface area contributed by atoms with Crippen molar-refractivity contribution in [2.24, 2.45) is 5.92 Å². The Morgan fingerprint density at radius 2 is 1.63 bits per heavy atom. The zero-order valence-corrected chi connectivity index (χ0v) is 21.0. The van der Waals surface area contributed by atoms with E-state index in [1.807, 2.05) is 0 Å². The maximum Gasteiger partial charge on any atom is 0.289 e. The highest BCUT2D eigenvalue weighted by Gasteiger charge is 2.67. The normalized spacial score (nSPS) is 18.0. The second kappa shape index (κ2) is 9.79. The van der Waals surface area contributed by atoms with Crippen LogP contribution in [0.1, 0.15) is 21.8 Å². The maximum atomic E-state index is 12.9. The van der Waals surface area contributed by atoms with Crippen LogP contribution in [-0.2, 0) is 4.79 Å². The van der Waals surface area contributed by atoms with Gasteiger partial charge in [-0.2, -0.15) is 0 Å². The molecule has 0 radical (unpaired) electrons. The Balaban J connectivity index is 1.50. The molecule has 2 aromatic carbocycles. The molecular formula is C22H13Cl5N4O4. The number of carbonyl (C=O) groups is 2. The molecule has 35 heavy (non-hydrogen) atoms. The number of nitrogens with one attached hydrogen (secondary N) is 2. The van der Waals surface area contributed by atoms with Gasteiger partial charge in [-0.1, -0.05) is 40.9 Å². The summed E-state index contributed by atoms with van der Waals surface area (Å²) in [7, 11) is 0. The molecular weight excluding hydrogens is 562 g/mol. The molecule has 2 N–H and O–H groups in total. The van der Waals surface area contributed by atoms with E-state index in [1.54, 1.807) is 18.2 Å². The summed E-state index contributed by atoms with van der Waals surface area (Å²) in [5.74, 6) is -2.43. The number of hydrogen-bond donors (Lipinski definition) is 2. The van der Waals surface area contributed by atoms with Gasteiger partial charge in [0.05, 0.1) is 43.4 Å². The fourth-order valence-corrected chi connectivity index (χ4v) is 4.90. The highest BCUT2D eigenvalue weighted by atomic mass is 35.5. The summed E-state index contributed by atoms with van der Waals surface area (Å²) in [4.78, 5) is 39.7. The molecule has 8 nitrogen and oxygen atoms in total. The minimum Gasteiger partial charge on any atom is -0.326 e. The lowest BCUT2D eigenvalue weighted by atomic mass is 10.1. The lowest BCUT2D eigenvalue weighted by Gasteiger charge is -2.10. The standard InChI is InChI=1S/C22H13Cl5N4O4/c23-15-4-2-11(7-14(15)20(32)30-12-6-13(31(34)35)9-28-8-12)29-21(33)19-18(22(19,26)27)10-1-3-16(24)17(25)5-10/h1-9,18-19H,(H,29,33)(H,30,32)/t18-,19+/m0/s1. The molecule has 0 bridgehead atoms. The molecule has 180 valence electrons. The number of nitro groups is 1. The van der Waals surface area contributed by atoms with Gasteiger partial charge in [0, 0.05) is 17.7 Å². The molecule has 13 heteroatoms. The van der Waals surface area contributed by atoms with Crippen molar-refractivity contribution in [2.45, 2.75) is 10.3 Å². The predicted octanol–water partition coefficient (Wildman–Crippen LogP) is 6.73. The Morgan fingerprint density at radius 3 is 2.31 bits per heavy atom. The lowest BCUT2D eigenvalue weighted by molar-refractivity contribution is -0.385. The van der Waals surface area contributed by atoms with Gasteiger partial charge in [0.25, 0.3) is 11.6 Å². The van der Waals surface area contributed by atoms with Gasteiger partial charge in [0.2, 0.25) is 5.91 Å². The van der Waals surface area contributed by atoms with Gasteiger partial charge in [-0.05, 0) is 35.9 Å². The molecule has 1 heterocycles. The number of rotatable bonds is 6. The molecule has 1 aromatic heterocycles. The first-order valence-electron chi connectivity index (χ1n) is 9.83. The van der Waals surface area contributed by atoms with Gasteiger partial charge in [-0.15, -0.1) is 23.2 Å². The van der Waals surface area contributed by atoms with E-state index in [2.05, 4.69) is 15.6 Å². The van der Waals surface area contributed by atoms with Crippen molar-refractivity contribution in [1.29, 1.82) is 0 Å². The van der Waals surface area contributed by atoms with Crippen molar-refractivity contribution in [3.63, 3.8) is 0 Å². The number of pyridine rings is 1. The molecule has 2 amide bonds. The van der Waals surface area contributed by atoms with Gasteiger partial charge in [0.1, 0.15) is 10.5 Å². The molecule has 3 aromatic rings. The lowest BCUT2D eigenvalue weighted by Crippen LogP contribution is -2.18. The van der Waals surface area contributed by atoms with E-state index in [1.165, 1.54) is 24.4 Å². The number of hydrogen-bond acceptors (Lipinski definition) is 5. The Labute approximate surface area is 223 Å². The van der Waals surface area contributed by atoms with E-state index in [0.29, 0.717) is 15.6 Å². The van der Waals surface area contributed by atoms with E-state index >= 15 is 0 Å². The van der Waals surface area contributed by atoms with Crippen LogP contribution in [0.5, 0.6) is 0 Å². The number of carbonyl (C=O) groups excluding carboxylic acids is 2. The number of halogens is 5. The van der Waals surface area contributed by atoms with E-state index < -0.39 is 32.9 Å². The topological polar surface area (TPSA) is 114 Å². The minimum absolute atomic E-state index is 0.0239. The average Bonchev–Trinajstić information content (AvgIpc) is 3.39. The van der Waals surface area contributed by atoms with Crippen LogP contribution in [0, 0.1) is 16.0 Å². The zero-order valence-electron chi connectivity index (χ0n) is 17.3. The fraction of sp³-hybridized carbons (Fsp3) is 0.136. The van der Waals surface area contributed by atoms with Crippen molar-refractivity contribution in [2.75, 3.05) is 10.6 Å².